The monoisotopic (exact) mass is 331 g/mol. The summed E-state index contributed by atoms with van der Waals surface area (Å²) in [6, 6.07) is 11.9. The number of hydrogen-bond donors (Lipinski definition) is 1. The first-order chi connectivity index (χ1) is 9.52. The summed E-state index contributed by atoms with van der Waals surface area (Å²) in [7, 11) is 0. The minimum Gasteiger partial charge on any atom is -0.478 e. The molecule has 0 fully saturated rings. The summed E-state index contributed by atoms with van der Waals surface area (Å²) in [5.74, 6) is -0.213. The molecular formula is C15H10BrNO3. The van der Waals surface area contributed by atoms with Gasteiger partial charge in [0.25, 0.3) is 0 Å². The fraction of sp³-hybridized carbons (Fsp3) is 0.0667. The molecule has 2 aromatic rings. The second-order valence-electron chi connectivity index (χ2n) is 4.09. The Balaban J connectivity index is 2.46. The van der Waals surface area contributed by atoms with Crippen LogP contribution in [0, 0.1) is 18.3 Å². The zero-order chi connectivity index (χ0) is 14.7. The molecule has 4 nitrogen and oxygen atoms in total. The van der Waals surface area contributed by atoms with Crippen molar-refractivity contribution in [3.05, 3.63) is 57.6 Å². The molecule has 0 aromatic heterocycles. The molecule has 2 rings (SSSR count). The molecule has 0 aliphatic rings. The van der Waals surface area contributed by atoms with E-state index in [9.17, 15) is 4.79 Å². The first-order valence-corrected chi connectivity index (χ1v) is 6.52. The minimum absolute atomic E-state index is 0.177. The molecule has 0 saturated heterocycles. The highest BCUT2D eigenvalue weighted by Crippen LogP contribution is 2.31. The molecule has 0 amide bonds. The van der Waals surface area contributed by atoms with E-state index in [0.29, 0.717) is 22.6 Å². The summed E-state index contributed by atoms with van der Waals surface area (Å²) in [6.45, 7) is 1.67. The lowest BCUT2D eigenvalue weighted by Gasteiger charge is -2.11. The number of rotatable bonds is 3. The van der Waals surface area contributed by atoms with E-state index in [1.54, 1.807) is 37.3 Å². The number of halogens is 1. The van der Waals surface area contributed by atoms with Gasteiger partial charge in [0.1, 0.15) is 17.6 Å². The van der Waals surface area contributed by atoms with Gasteiger partial charge in [-0.05, 0) is 37.3 Å². The third-order valence-corrected chi connectivity index (χ3v) is 3.29. The highest BCUT2D eigenvalue weighted by Gasteiger charge is 2.13. The normalized spacial score (nSPS) is 9.85. The third kappa shape index (κ3) is 2.81. The molecule has 0 spiro atoms. The fourth-order valence-electron chi connectivity index (χ4n) is 1.75. The van der Waals surface area contributed by atoms with Gasteiger partial charge in [-0.15, -0.1) is 0 Å². The molecule has 0 radical (unpaired) electrons. The fourth-order valence-corrected chi connectivity index (χ4v) is 2.09. The van der Waals surface area contributed by atoms with Crippen molar-refractivity contribution in [2.45, 2.75) is 6.92 Å². The van der Waals surface area contributed by atoms with Gasteiger partial charge in [0.05, 0.1) is 11.1 Å². The lowest BCUT2D eigenvalue weighted by molar-refractivity contribution is 0.0695. The van der Waals surface area contributed by atoms with E-state index in [2.05, 4.69) is 15.9 Å². The van der Waals surface area contributed by atoms with Crippen molar-refractivity contribution in [2.75, 3.05) is 0 Å². The Morgan fingerprint density at radius 2 is 2.05 bits per heavy atom. The molecule has 100 valence electrons. The molecule has 0 saturated carbocycles. The van der Waals surface area contributed by atoms with Gasteiger partial charge in [0, 0.05) is 10.0 Å². The number of nitriles is 1. The average molecular weight is 332 g/mol. The van der Waals surface area contributed by atoms with E-state index in [1.807, 2.05) is 6.07 Å². The van der Waals surface area contributed by atoms with Crippen LogP contribution in [0.25, 0.3) is 0 Å². The molecule has 0 atom stereocenters. The van der Waals surface area contributed by atoms with Gasteiger partial charge in [-0.2, -0.15) is 5.26 Å². The van der Waals surface area contributed by atoms with E-state index < -0.39 is 5.97 Å². The second kappa shape index (κ2) is 5.76. The van der Waals surface area contributed by atoms with Gasteiger partial charge >= 0.3 is 5.97 Å². The first kappa shape index (κ1) is 14.1. The average Bonchev–Trinajstić information content (AvgIpc) is 2.41. The Morgan fingerprint density at radius 3 is 2.70 bits per heavy atom. The third-order valence-electron chi connectivity index (χ3n) is 2.80. The molecule has 5 heteroatoms. The Bertz CT molecular complexity index is 720. The quantitative estimate of drug-likeness (QED) is 0.918. The highest BCUT2D eigenvalue weighted by atomic mass is 79.9. The van der Waals surface area contributed by atoms with Crippen molar-refractivity contribution >= 4 is 21.9 Å². The van der Waals surface area contributed by atoms with Crippen LogP contribution in [0.4, 0.5) is 0 Å². The lowest BCUT2D eigenvalue weighted by atomic mass is 10.1. The number of nitrogens with zero attached hydrogens (tertiary/aromatic N) is 1. The van der Waals surface area contributed by atoms with E-state index in [0.717, 1.165) is 4.47 Å². The van der Waals surface area contributed by atoms with Crippen molar-refractivity contribution in [3.8, 4) is 17.6 Å². The van der Waals surface area contributed by atoms with E-state index in [1.165, 1.54) is 6.07 Å². The van der Waals surface area contributed by atoms with Crippen LogP contribution in [0.3, 0.4) is 0 Å². The van der Waals surface area contributed by atoms with Gasteiger partial charge in [-0.25, -0.2) is 4.79 Å². The van der Waals surface area contributed by atoms with Crippen LogP contribution in [0.1, 0.15) is 21.5 Å². The van der Waals surface area contributed by atoms with E-state index >= 15 is 0 Å². The van der Waals surface area contributed by atoms with Crippen LogP contribution >= 0.6 is 15.9 Å². The van der Waals surface area contributed by atoms with Crippen molar-refractivity contribution in [1.29, 1.82) is 5.26 Å². The van der Waals surface area contributed by atoms with Gasteiger partial charge < -0.3 is 9.84 Å². The van der Waals surface area contributed by atoms with Crippen LogP contribution < -0.4 is 4.74 Å². The number of carboxylic acid groups (broad SMARTS) is 1. The van der Waals surface area contributed by atoms with Crippen molar-refractivity contribution in [1.82, 2.24) is 0 Å². The standard InChI is InChI=1S/C15H10BrNO3/c1-9-12(15(18)19)3-2-4-13(9)20-14-7-11(16)6-5-10(14)8-17/h2-7H,1H3,(H,18,19). The SMILES string of the molecule is Cc1c(Oc2cc(Br)ccc2C#N)cccc1C(=O)O. The summed E-state index contributed by atoms with van der Waals surface area (Å²) in [5, 5.41) is 18.1. The van der Waals surface area contributed by atoms with Gasteiger partial charge in [-0.1, -0.05) is 22.0 Å². The van der Waals surface area contributed by atoms with Crippen LogP contribution in [0.15, 0.2) is 40.9 Å². The van der Waals surface area contributed by atoms with Crippen LogP contribution in [-0.4, -0.2) is 11.1 Å². The van der Waals surface area contributed by atoms with Gasteiger partial charge in [-0.3, -0.25) is 0 Å². The van der Waals surface area contributed by atoms with Crippen molar-refractivity contribution in [2.24, 2.45) is 0 Å². The van der Waals surface area contributed by atoms with Crippen LogP contribution in [0.2, 0.25) is 0 Å². The topological polar surface area (TPSA) is 70.3 Å². The maximum atomic E-state index is 11.1. The number of carboxylic acids is 1. The summed E-state index contributed by atoms with van der Waals surface area (Å²) < 4.78 is 6.46. The lowest BCUT2D eigenvalue weighted by Crippen LogP contribution is -2.01. The maximum absolute atomic E-state index is 11.1. The van der Waals surface area contributed by atoms with Crippen LogP contribution in [-0.2, 0) is 0 Å². The summed E-state index contributed by atoms with van der Waals surface area (Å²) in [6.07, 6.45) is 0. The highest BCUT2D eigenvalue weighted by molar-refractivity contribution is 9.10. The Morgan fingerprint density at radius 1 is 1.30 bits per heavy atom. The second-order valence-corrected chi connectivity index (χ2v) is 5.00. The predicted molar refractivity (Wildman–Crippen MR) is 77.1 cm³/mol. The molecule has 1 N–H and O–H groups in total. The minimum atomic E-state index is -1.01. The Hall–Kier alpha value is -2.32. The largest absolute Gasteiger partial charge is 0.478 e. The molecule has 0 heterocycles. The summed E-state index contributed by atoms with van der Waals surface area (Å²) in [4.78, 5) is 11.1. The van der Waals surface area contributed by atoms with Gasteiger partial charge in [0.15, 0.2) is 0 Å². The number of carbonyl (C=O) groups is 1. The zero-order valence-corrected chi connectivity index (χ0v) is 12.1. The van der Waals surface area contributed by atoms with E-state index in [4.69, 9.17) is 15.1 Å². The number of benzene rings is 2. The molecule has 0 unspecified atom stereocenters. The molecular weight excluding hydrogens is 322 g/mol. The van der Waals surface area contributed by atoms with Crippen molar-refractivity contribution < 1.29 is 14.6 Å². The Kier molecular flexibility index (Phi) is 4.06. The number of ether oxygens (including phenoxy) is 1. The Labute approximate surface area is 124 Å². The van der Waals surface area contributed by atoms with Crippen molar-refractivity contribution in [3.63, 3.8) is 0 Å². The molecule has 0 aliphatic carbocycles. The number of hydrogen-bond acceptors (Lipinski definition) is 3. The molecule has 20 heavy (non-hydrogen) atoms. The zero-order valence-electron chi connectivity index (χ0n) is 10.6. The molecule has 2 aromatic carbocycles. The summed E-state index contributed by atoms with van der Waals surface area (Å²) >= 11 is 3.31. The molecule has 0 bridgehead atoms. The smallest absolute Gasteiger partial charge is 0.336 e. The number of aromatic carboxylic acids is 1. The van der Waals surface area contributed by atoms with E-state index in [-0.39, 0.29) is 5.56 Å². The first-order valence-electron chi connectivity index (χ1n) is 5.73. The maximum Gasteiger partial charge on any atom is 0.336 e. The predicted octanol–water partition coefficient (Wildman–Crippen LogP) is 4.12. The van der Waals surface area contributed by atoms with Crippen LogP contribution in [0.5, 0.6) is 11.5 Å². The summed E-state index contributed by atoms with van der Waals surface area (Å²) in [5.41, 5.74) is 1.08. The molecule has 0 aliphatic heterocycles. The van der Waals surface area contributed by atoms with Gasteiger partial charge in [0.2, 0.25) is 0 Å².